The number of unbranched alkanes of at least 4 members (excludes halogenated alkanes) is 1. The highest BCUT2D eigenvalue weighted by Crippen LogP contribution is 2.37. The maximum absolute atomic E-state index is 10.7. The van der Waals surface area contributed by atoms with Crippen LogP contribution in [-0.4, -0.2) is 12.1 Å². The minimum Gasteiger partial charge on any atom is -0.773 e. The zero-order valence-corrected chi connectivity index (χ0v) is 7.60. The van der Waals surface area contributed by atoms with Gasteiger partial charge in [0.05, 0.1) is 6.61 Å². The van der Waals surface area contributed by atoms with Crippen LogP contribution in [0, 0.1) is 0 Å². The number of carbonyl (C=O) groups excluding carboxylic acids is 1. The zero-order valence-electron chi connectivity index (χ0n) is 6.70. The van der Waals surface area contributed by atoms with Crippen LogP contribution in [0.4, 0.5) is 0 Å². The molecule has 0 saturated carbocycles. The highest BCUT2D eigenvalue weighted by molar-refractivity contribution is 7.69. The normalized spacial score (nSPS) is 15.9. The Balaban J connectivity index is 3.74. The number of rotatable bonds is 5. The fourth-order valence-electron chi connectivity index (χ4n) is 0.420. The first-order chi connectivity index (χ1) is 5.00. The molecule has 0 bridgehead atoms. The average molecular weight is 179 g/mol. The molecule has 1 unspecified atom stereocenters. The fourth-order valence-corrected chi connectivity index (χ4v) is 0.971. The van der Waals surface area contributed by atoms with Crippen LogP contribution in [0.3, 0.4) is 0 Å². The molecular weight excluding hydrogens is 167 g/mol. The summed E-state index contributed by atoms with van der Waals surface area (Å²) in [5.74, 6) is 0. The first-order valence-electron chi connectivity index (χ1n) is 3.47. The van der Waals surface area contributed by atoms with Gasteiger partial charge in [0.15, 0.2) is 7.60 Å². The summed E-state index contributed by atoms with van der Waals surface area (Å²) in [6.07, 6.45) is 1.50. The molecular formula is C6H12O4P-. The molecule has 5 heteroatoms. The lowest BCUT2D eigenvalue weighted by Gasteiger charge is -2.19. The van der Waals surface area contributed by atoms with E-state index in [9.17, 15) is 14.3 Å². The van der Waals surface area contributed by atoms with Crippen LogP contribution in [0.1, 0.15) is 26.7 Å². The predicted molar refractivity (Wildman–Crippen MR) is 39.1 cm³/mol. The van der Waals surface area contributed by atoms with Crippen LogP contribution in [0.5, 0.6) is 0 Å². The van der Waals surface area contributed by atoms with E-state index in [-0.39, 0.29) is 6.61 Å². The second kappa shape index (κ2) is 4.65. The number of carbonyl (C=O) groups is 1. The van der Waals surface area contributed by atoms with E-state index in [0.717, 1.165) is 13.3 Å². The van der Waals surface area contributed by atoms with Crippen LogP contribution in [0.25, 0.3) is 0 Å². The van der Waals surface area contributed by atoms with E-state index in [1.54, 1.807) is 0 Å². The zero-order chi connectivity index (χ0) is 8.91. The summed E-state index contributed by atoms with van der Waals surface area (Å²) in [5.41, 5.74) is -0.909. The third-order valence-corrected chi connectivity index (χ3v) is 2.44. The second-order valence-corrected chi connectivity index (χ2v) is 4.09. The van der Waals surface area contributed by atoms with Gasteiger partial charge in [-0.25, -0.2) is 0 Å². The van der Waals surface area contributed by atoms with Gasteiger partial charge in [-0.1, -0.05) is 13.3 Å². The molecule has 0 aliphatic rings. The molecule has 0 heterocycles. The largest absolute Gasteiger partial charge is 0.773 e. The monoisotopic (exact) mass is 179 g/mol. The molecule has 0 saturated heterocycles. The molecule has 0 amide bonds. The van der Waals surface area contributed by atoms with Gasteiger partial charge >= 0.3 is 0 Å². The quantitative estimate of drug-likeness (QED) is 0.464. The van der Waals surface area contributed by atoms with E-state index in [1.807, 2.05) is 6.92 Å². The van der Waals surface area contributed by atoms with E-state index in [0.29, 0.717) is 6.42 Å². The van der Waals surface area contributed by atoms with Gasteiger partial charge in [0.25, 0.3) is 0 Å². The summed E-state index contributed by atoms with van der Waals surface area (Å²) in [6, 6.07) is 0. The summed E-state index contributed by atoms with van der Waals surface area (Å²) in [6.45, 7) is 3.00. The Labute approximate surface area is 66.1 Å². The Morgan fingerprint density at radius 3 is 2.55 bits per heavy atom. The lowest BCUT2D eigenvalue weighted by atomic mass is 10.4. The third kappa shape index (κ3) is 4.30. The summed E-state index contributed by atoms with van der Waals surface area (Å²) < 4.78 is 15.0. The maximum Gasteiger partial charge on any atom is 0.200 e. The fraction of sp³-hybridized carbons (Fsp3) is 0.833. The van der Waals surface area contributed by atoms with Gasteiger partial charge in [0.2, 0.25) is 5.52 Å². The lowest BCUT2D eigenvalue weighted by molar-refractivity contribution is -0.200. The van der Waals surface area contributed by atoms with E-state index in [2.05, 4.69) is 4.52 Å². The molecule has 0 radical (unpaired) electrons. The van der Waals surface area contributed by atoms with Crippen LogP contribution in [0.15, 0.2) is 0 Å². The van der Waals surface area contributed by atoms with Crippen molar-refractivity contribution in [3.63, 3.8) is 0 Å². The smallest absolute Gasteiger partial charge is 0.200 e. The van der Waals surface area contributed by atoms with E-state index < -0.39 is 13.1 Å². The molecule has 1 atom stereocenters. The highest BCUT2D eigenvalue weighted by atomic mass is 31.2. The molecule has 4 nitrogen and oxygen atoms in total. The predicted octanol–water partition coefficient (Wildman–Crippen LogP) is 0.903. The maximum atomic E-state index is 10.7. The topological polar surface area (TPSA) is 66.4 Å². The molecule has 0 aliphatic heterocycles. The molecule has 0 aromatic heterocycles. The molecule has 0 N–H and O–H groups in total. The summed E-state index contributed by atoms with van der Waals surface area (Å²) in [5, 5.41) is 0. The SMILES string of the molecule is CCCCOP(=O)([O-])C(C)=O. The van der Waals surface area contributed by atoms with Crippen molar-refractivity contribution in [2.75, 3.05) is 6.61 Å². The van der Waals surface area contributed by atoms with Gasteiger partial charge in [-0.2, -0.15) is 0 Å². The van der Waals surface area contributed by atoms with Gasteiger partial charge in [0.1, 0.15) is 0 Å². The van der Waals surface area contributed by atoms with Crippen molar-refractivity contribution in [1.82, 2.24) is 0 Å². The highest BCUT2D eigenvalue weighted by Gasteiger charge is 2.13. The van der Waals surface area contributed by atoms with Crippen molar-refractivity contribution < 1.29 is 18.8 Å². The minimum absolute atomic E-state index is 0.108. The second-order valence-electron chi connectivity index (χ2n) is 2.20. The lowest BCUT2D eigenvalue weighted by Crippen LogP contribution is -2.12. The first-order valence-corrected chi connectivity index (χ1v) is 5.01. The van der Waals surface area contributed by atoms with Crippen molar-refractivity contribution in [3.05, 3.63) is 0 Å². The van der Waals surface area contributed by atoms with Gasteiger partial charge in [-0.15, -0.1) is 0 Å². The average Bonchev–Trinajstić information content (AvgIpc) is 1.88. The third-order valence-electron chi connectivity index (χ3n) is 1.14. The van der Waals surface area contributed by atoms with Crippen molar-refractivity contribution in [2.24, 2.45) is 0 Å². The number of hydrogen-bond donors (Lipinski definition) is 0. The van der Waals surface area contributed by atoms with Gasteiger partial charge in [0, 0.05) is 6.92 Å². The molecule has 11 heavy (non-hydrogen) atoms. The van der Waals surface area contributed by atoms with Crippen LogP contribution >= 0.6 is 7.60 Å². The molecule has 0 aliphatic carbocycles. The van der Waals surface area contributed by atoms with Gasteiger partial charge in [-0.3, -0.25) is 4.79 Å². The first kappa shape index (κ1) is 10.8. The molecule has 0 spiro atoms. The van der Waals surface area contributed by atoms with Crippen LogP contribution in [0.2, 0.25) is 0 Å². The van der Waals surface area contributed by atoms with Crippen molar-refractivity contribution >= 4 is 13.1 Å². The molecule has 0 aromatic carbocycles. The van der Waals surface area contributed by atoms with Crippen LogP contribution in [-0.2, 0) is 13.9 Å². The van der Waals surface area contributed by atoms with Crippen molar-refractivity contribution in [3.8, 4) is 0 Å². The molecule has 66 valence electrons. The minimum atomic E-state index is -4.18. The summed E-state index contributed by atoms with van der Waals surface area (Å²) >= 11 is 0. The summed E-state index contributed by atoms with van der Waals surface area (Å²) in [4.78, 5) is 21.0. The van der Waals surface area contributed by atoms with Crippen molar-refractivity contribution in [2.45, 2.75) is 26.7 Å². The Morgan fingerprint density at radius 1 is 1.64 bits per heavy atom. The molecule has 0 fully saturated rings. The summed E-state index contributed by atoms with van der Waals surface area (Å²) in [7, 11) is -4.18. The van der Waals surface area contributed by atoms with E-state index in [1.165, 1.54) is 0 Å². The van der Waals surface area contributed by atoms with Gasteiger partial charge < -0.3 is 14.0 Å². The van der Waals surface area contributed by atoms with Gasteiger partial charge in [-0.05, 0) is 6.42 Å². The van der Waals surface area contributed by atoms with E-state index in [4.69, 9.17) is 0 Å². The Hall–Kier alpha value is -0.180. The standard InChI is InChI=1S/C6H13O4P/c1-3-4-5-10-11(8,9)6(2)7/h3-5H2,1-2H3,(H,8,9)/p-1. The Kier molecular flexibility index (Phi) is 4.57. The number of hydrogen-bond acceptors (Lipinski definition) is 4. The van der Waals surface area contributed by atoms with E-state index >= 15 is 0 Å². The Bertz CT molecular complexity index is 177. The van der Waals surface area contributed by atoms with Crippen molar-refractivity contribution in [1.29, 1.82) is 0 Å². The van der Waals surface area contributed by atoms with Crippen LogP contribution < -0.4 is 4.89 Å². The molecule has 0 aromatic rings. The molecule has 0 rings (SSSR count). The Morgan fingerprint density at radius 2 is 2.18 bits per heavy atom.